The summed E-state index contributed by atoms with van der Waals surface area (Å²) in [5.74, 6) is 0.719. The Morgan fingerprint density at radius 3 is 2.42 bits per heavy atom. The van der Waals surface area contributed by atoms with E-state index < -0.39 is 11.6 Å². The van der Waals surface area contributed by atoms with E-state index in [4.69, 9.17) is 9.47 Å². The fourth-order valence-electron chi connectivity index (χ4n) is 4.92. The number of methoxy groups -OCH3 is 1. The monoisotopic (exact) mass is 445 g/mol. The minimum Gasteiger partial charge on any atom is -0.497 e. The Kier molecular flexibility index (Phi) is 4.83. The molecule has 0 N–H and O–H groups in total. The molecule has 0 unspecified atom stereocenters. The van der Waals surface area contributed by atoms with E-state index in [2.05, 4.69) is 18.4 Å². The molecule has 0 radical (unpaired) electrons. The first kappa shape index (κ1) is 21.3. The van der Waals surface area contributed by atoms with Gasteiger partial charge in [-0.25, -0.2) is 4.79 Å². The molecule has 0 aliphatic carbocycles. The zero-order chi connectivity index (χ0) is 23.5. The van der Waals surface area contributed by atoms with Crippen LogP contribution in [-0.2, 0) is 24.4 Å². The van der Waals surface area contributed by atoms with Crippen LogP contribution in [0.1, 0.15) is 31.2 Å². The van der Waals surface area contributed by atoms with E-state index in [1.54, 1.807) is 18.7 Å². The summed E-state index contributed by atoms with van der Waals surface area (Å²) in [6.07, 6.45) is -0.467. The standard InChI is InChI=1S/C26H27N3O4/c1-26(2)15-33-23(17-12-9-13-18(14-17)32-5)22-21-19(24(30)28(4)25(31)27(21)3)20(29(22)26)16-10-7-6-8-11-16/h6-14,23H,15H2,1-5H3/t23-/m1/s1. The van der Waals surface area contributed by atoms with Gasteiger partial charge in [-0.3, -0.25) is 13.9 Å². The predicted octanol–water partition coefficient (Wildman–Crippen LogP) is 3.57. The molecule has 7 heteroatoms. The molecule has 0 saturated heterocycles. The van der Waals surface area contributed by atoms with Crippen molar-refractivity contribution in [1.82, 2.24) is 13.7 Å². The largest absolute Gasteiger partial charge is 0.497 e. The average Bonchev–Trinajstić information content (AvgIpc) is 3.20. The van der Waals surface area contributed by atoms with Crippen molar-refractivity contribution >= 4 is 10.9 Å². The Bertz CT molecular complexity index is 1490. The Labute approximate surface area is 191 Å². The average molecular weight is 446 g/mol. The van der Waals surface area contributed by atoms with Gasteiger partial charge in [0.05, 0.1) is 41.5 Å². The van der Waals surface area contributed by atoms with E-state index in [9.17, 15) is 9.59 Å². The van der Waals surface area contributed by atoms with Gasteiger partial charge in [0.1, 0.15) is 11.9 Å². The zero-order valence-corrected chi connectivity index (χ0v) is 19.5. The first-order chi connectivity index (χ1) is 15.8. The summed E-state index contributed by atoms with van der Waals surface area (Å²) in [5.41, 5.74) is 2.89. The molecule has 2 aromatic heterocycles. The Morgan fingerprint density at radius 1 is 1.00 bits per heavy atom. The van der Waals surface area contributed by atoms with Crippen LogP contribution in [0.25, 0.3) is 22.2 Å². The summed E-state index contributed by atoms with van der Waals surface area (Å²) >= 11 is 0. The fourth-order valence-corrected chi connectivity index (χ4v) is 4.92. The molecule has 1 atom stereocenters. The smallest absolute Gasteiger partial charge is 0.331 e. The number of hydrogen-bond donors (Lipinski definition) is 0. The van der Waals surface area contributed by atoms with Crippen LogP contribution in [0.3, 0.4) is 0 Å². The second kappa shape index (κ2) is 7.49. The minimum atomic E-state index is -0.467. The SMILES string of the molecule is COc1cccc([C@H]2OCC(C)(C)n3c(-c4ccccc4)c4c(=O)n(C)c(=O)n(C)c4c32)c1. The number of benzene rings is 2. The lowest BCUT2D eigenvalue weighted by molar-refractivity contribution is -0.00714. The van der Waals surface area contributed by atoms with Crippen molar-refractivity contribution < 1.29 is 9.47 Å². The van der Waals surface area contributed by atoms with Crippen molar-refractivity contribution in [2.24, 2.45) is 14.1 Å². The molecule has 0 saturated carbocycles. The van der Waals surface area contributed by atoms with Crippen molar-refractivity contribution in [3.63, 3.8) is 0 Å². The molecule has 1 aliphatic heterocycles. The summed E-state index contributed by atoms with van der Waals surface area (Å²) in [4.78, 5) is 26.5. The third-order valence-electron chi connectivity index (χ3n) is 6.51. The summed E-state index contributed by atoms with van der Waals surface area (Å²) in [6.45, 7) is 4.62. The molecular formula is C26H27N3O4. The van der Waals surface area contributed by atoms with E-state index in [0.717, 1.165) is 28.3 Å². The van der Waals surface area contributed by atoms with Gasteiger partial charge in [0, 0.05) is 14.1 Å². The van der Waals surface area contributed by atoms with Gasteiger partial charge < -0.3 is 14.0 Å². The van der Waals surface area contributed by atoms with Gasteiger partial charge in [0.25, 0.3) is 5.56 Å². The Morgan fingerprint density at radius 2 is 1.73 bits per heavy atom. The molecule has 5 rings (SSSR count). The molecule has 0 fully saturated rings. The van der Waals surface area contributed by atoms with Crippen LogP contribution in [0.4, 0.5) is 0 Å². The van der Waals surface area contributed by atoms with Crippen molar-refractivity contribution in [1.29, 1.82) is 0 Å². The summed E-state index contributed by atoms with van der Waals surface area (Å²) in [6, 6.07) is 17.6. The normalized spacial score (nSPS) is 17.2. The van der Waals surface area contributed by atoms with Crippen LogP contribution in [0.5, 0.6) is 5.75 Å². The van der Waals surface area contributed by atoms with Gasteiger partial charge in [0.2, 0.25) is 0 Å². The molecule has 1 aliphatic rings. The van der Waals surface area contributed by atoms with Crippen LogP contribution in [-0.4, -0.2) is 27.4 Å². The molecule has 170 valence electrons. The maximum Gasteiger partial charge on any atom is 0.331 e. The van der Waals surface area contributed by atoms with Gasteiger partial charge in [-0.05, 0) is 37.1 Å². The zero-order valence-electron chi connectivity index (χ0n) is 19.5. The number of fused-ring (bicyclic) bond motifs is 3. The first-order valence-electron chi connectivity index (χ1n) is 10.9. The number of aromatic nitrogens is 3. The fraction of sp³-hybridized carbons (Fsp3) is 0.308. The number of ether oxygens (including phenoxy) is 2. The van der Waals surface area contributed by atoms with Gasteiger partial charge in [-0.15, -0.1) is 0 Å². The minimum absolute atomic E-state index is 0.311. The van der Waals surface area contributed by atoms with Gasteiger partial charge in [0.15, 0.2) is 0 Å². The number of hydrogen-bond acceptors (Lipinski definition) is 4. The van der Waals surface area contributed by atoms with Crippen molar-refractivity contribution in [3.05, 3.63) is 86.7 Å². The topological polar surface area (TPSA) is 67.4 Å². The molecule has 0 spiro atoms. The van der Waals surface area contributed by atoms with E-state index in [1.165, 1.54) is 11.6 Å². The van der Waals surface area contributed by atoms with Crippen molar-refractivity contribution in [3.8, 4) is 17.0 Å². The summed E-state index contributed by atoms with van der Waals surface area (Å²) in [7, 11) is 4.86. The molecule has 0 bridgehead atoms. The highest BCUT2D eigenvalue weighted by Crippen LogP contribution is 2.45. The predicted molar refractivity (Wildman–Crippen MR) is 128 cm³/mol. The van der Waals surface area contributed by atoms with Crippen LogP contribution in [0, 0.1) is 0 Å². The highest BCUT2D eigenvalue weighted by molar-refractivity contribution is 5.96. The number of aryl methyl sites for hydroxylation is 1. The van der Waals surface area contributed by atoms with Crippen LogP contribution >= 0.6 is 0 Å². The third kappa shape index (κ3) is 3.07. The Hall–Kier alpha value is -3.58. The number of nitrogens with zero attached hydrogens (tertiary/aromatic N) is 3. The van der Waals surface area contributed by atoms with E-state index in [0.29, 0.717) is 17.5 Å². The molecular weight excluding hydrogens is 418 g/mol. The number of rotatable bonds is 3. The first-order valence-corrected chi connectivity index (χ1v) is 10.9. The molecule has 3 heterocycles. The molecule has 33 heavy (non-hydrogen) atoms. The lowest BCUT2D eigenvalue weighted by atomic mass is 9.98. The van der Waals surface area contributed by atoms with Gasteiger partial charge in [-0.2, -0.15) is 0 Å². The molecule has 7 nitrogen and oxygen atoms in total. The van der Waals surface area contributed by atoms with Crippen molar-refractivity contribution in [2.75, 3.05) is 13.7 Å². The maximum atomic E-state index is 13.5. The van der Waals surface area contributed by atoms with E-state index >= 15 is 0 Å². The van der Waals surface area contributed by atoms with E-state index in [1.807, 2.05) is 54.6 Å². The molecule has 4 aromatic rings. The lowest BCUT2D eigenvalue weighted by Gasteiger charge is -2.39. The van der Waals surface area contributed by atoms with E-state index in [-0.39, 0.29) is 11.2 Å². The summed E-state index contributed by atoms with van der Waals surface area (Å²) in [5, 5.41) is 0.521. The second-order valence-corrected chi connectivity index (χ2v) is 9.14. The van der Waals surface area contributed by atoms with Gasteiger partial charge >= 0.3 is 5.69 Å². The quantitative estimate of drug-likeness (QED) is 0.484. The summed E-state index contributed by atoms with van der Waals surface area (Å²) < 4.78 is 16.8. The highest BCUT2D eigenvalue weighted by Gasteiger charge is 2.40. The molecule has 2 aromatic carbocycles. The van der Waals surface area contributed by atoms with Gasteiger partial charge in [-0.1, -0.05) is 42.5 Å². The van der Waals surface area contributed by atoms with Crippen LogP contribution in [0.15, 0.2) is 64.2 Å². The second-order valence-electron chi connectivity index (χ2n) is 9.14. The lowest BCUT2D eigenvalue weighted by Crippen LogP contribution is -2.40. The third-order valence-corrected chi connectivity index (χ3v) is 6.51. The Balaban J connectivity index is 1.99. The van der Waals surface area contributed by atoms with Crippen LogP contribution < -0.4 is 16.0 Å². The van der Waals surface area contributed by atoms with Crippen LogP contribution in [0.2, 0.25) is 0 Å². The molecule has 0 amide bonds. The maximum absolute atomic E-state index is 13.5. The van der Waals surface area contributed by atoms with Crippen molar-refractivity contribution in [2.45, 2.75) is 25.5 Å². The highest BCUT2D eigenvalue weighted by atomic mass is 16.5.